The number of hydrogen-bond acceptors (Lipinski definition) is 4. The van der Waals surface area contributed by atoms with Crippen molar-refractivity contribution >= 4 is 17.6 Å². The molecule has 110 valence electrons. The van der Waals surface area contributed by atoms with E-state index in [4.69, 9.17) is 26.2 Å². The summed E-state index contributed by atoms with van der Waals surface area (Å²) >= 11 is 5.85. The van der Waals surface area contributed by atoms with Gasteiger partial charge in [0, 0.05) is 18.7 Å². The van der Waals surface area contributed by atoms with E-state index >= 15 is 0 Å². The first-order valence-electron chi connectivity index (χ1n) is 6.05. The number of carboxylic acids is 1. The van der Waals surface area contributed by atoms with Crippen LogP contribution in [-0.2, 0) is 4.79 Å². The average molecular weight is 304 g/mol. The molecule has 0 spiro atoms. The van der Waals surface area contributed by atoms with Gasteiger partial charge in [-0.05, 0) is 6.42 Å². The van der Waals surface area contributed by atoms with Crippen LogP contribution < -0.4 is 14.8 Å². The Balaban J connectivity index is 2.45. The predicted octanol–water partition coefficient (Wildman–Crippen LogP) is 2.23. The number of halogens is 2. The fourth-order valence-electron chi connectivity index (χ4n) is 2.42. The Morgan fingerprint density at radius 2 is 2.20 bits per heavy atom. The van der Waals surface area contributed by atoms with Gasteiger partial charge >= 0.3 is 5.97 Å². The molecule has 20 heavy (non-hydrogen) atoms. The molecule has 1 saturated heterocycles. The summed E-state index contributed by atoms with van der Waals surface area (Å²) in [5.74, 6) is -1.54. The molecule has 2 N–H and O–H groups in total. The van der Waals surface area contributed by atoms with Crippen molar-refractivity contribution in [2.75, 3.05) is 20.8 Å². The van der Waals surface area contributed by atoms with Gasteiger partial charge in [0.15, 0.2) is 17.3 Å². The largest absolute Gasteiger partial charge is 0.493 e. The Morgan fingerprint density at radius 1 is 1.50 bits per heavy atom. The minimum Gasteiger partial charge on any atom is -0.493 e. The molecule has 0 bridgehead atoms. The lowest BCUT2D eigenvalue weighted by atomic mass is 9.98. The first kappa shape index (κ1) is 14.9. The zero-order valence-electron chi connectivity index (χ0n) is 11.1. The molecular formula is C13H15ClFNO4. The Labute approximate surface area is 120 Å². The molecule has 7 heteroatoms. The highest BCUT2D eigenvalue weighted by molar-refractivity contribution is 6.31. The summed E-state index contributed by atoms with van der Waals surface area (Å²) in [4.78, 5) is 11.0. The molecule has 1 aliphatic rings. The van der Waals surface area contributed by atoms with Gasteiger partial charge in [-0.1, -0.05) is 11.6 Å². The van der Waals surface area contributed by atoms with Gasteiger partial charge in [-0.25, -0.2) is 4.39 Å². The molecule has 0 amide bonds. The van der Waals surface area contributed by atoms with E-state index in [2.05, 4.69) is 5.32 Å². The van der Waals surface area contributed by atoms with Crippen LogP contribution in [0, 0.1) is 11.7 Å². The smallest absolute Gasteiger partial charge is 0.307 e. The predicted molar refractivity (Wildman–Crippen MR) is 71.0 cm³/mol. The summed E-state index contributed by atoms with van der Waals surface area (Å²) in [6.45, 7) is 0.275. The molecule has 0 saturated carbocycles. The monoisotopic (exact) mass is 303 g/mol. The summed E-state index contributed by atoms with van der Waals surface area (Å²) < 4.78 is 24.6. The van der Waals surface area contributed by atoms with E-state index in [0.29, 0.717) is 5.75 Å². The second-order valence-electron chi connectivity index (χ2n) is 4.55. The molecule has 1 heterocycles. The van der Waals surface area contributed by atoms with E-state index in [0.717, 1.165) is 0 Å². The van der Waals surface area contributed by atoms with Gasteiger partial charge in [0.2, 0.25) is 0 Å². The van der Waals surface area contributed by atoms with Crippen LogP contribution in [0.25, 0.3) is 0 Å². The lowest BCUT2D eigenvalue weighted by Gasteiger charge is -2.19. The van der Waals surface area contributed by atoms with Crippen LogP contribution in [0.5, 0.6) is 11.5 Å². The van der Waals surface area contributed by atoms with Crippen molar-refractivity contribution < 1.29 is 23.8 Å². The van der Waals surface area contributed by atoms with Crippen molar-refractivity contribution in [3.05, 3.63) is 22.5 Å². The van der Waals surface area contributed by atoms with Crippen LogP contribution in [0.3, 0.4) is 0 Å². The number of carboxylic acid groups (broad SMARTS) is 1. The van der Waals surface area contributed by atoms with Crippen LogP contribution in [0.4, 0.5) is 4.39 Å². The maximum absolute atomic E-state index is 14.3. The second-order valence-corrected chi connectivity index (χ2v) is 4.96. The Kier molecular flexibility index (Phi) is 4.35. The lowest BCUT2D eigenvalue weighted by molar-refractivity contribution is -0.141. The first-order chi connectivity index (χ1) is 9.49. The molecule has 1 aliphatic heterocycles. The van der Waals surface area contributed by atoms with Gasteiger partial charge in [-0.3, -0.25) is 4.79 Å². The number of carbonyl (C=O) groups is 1. The summed E-state index contributed by atoms with van der Waals surface area (Å²) in [7, 11) is 2.83. The Bertz CT molecular complexity index is 538. The second kappa shape index (κ2) is 5.85. The van der Waals surface area contributed by atoms with E-state index in [9.17, 15) is 9.18 Å². The van der Waals surface area contributed by atoms with Crippen LogP contribution >= 0.6 is 11.6 Å². The maximum Gasteiger partial charge on any atom is 0.307 e. The Hall–Kier alpha value is -1.53. The number of methoxy groups -OCH3 is 2. The van der Waals surface area contributed by atoms with Crippen molar-refractivity contribution in [2.24, 2.45) is 5.92 Å². The van der Waals surface area contributed by atoms with Crippen LogP contribution in [-0.4, -0.2) is 31.8 Å². The zero-order valence-corrected chi connectivity index (χ0v) is 11.8. The number of aliphatic carboxylic acids is 1. The lowest BCUT2D eigenvalue weighted by Crippen LogP contribution is -2.18. The van der Waals surface area contributed by atoms with Gasteiger partial charge in [0.1, 0.15) is 0 Å². The molecule has 0 aliphatic carbocycles. The Morgan fingerprint density at radius 3 is 2.70 bits per heavy atom. The van der Waals surface area contributed by atoms with E-state index in [-0.39, 0.29) is 29.3 Å². The molecule has 2 atom stereocenters. The minimum atomic E-state index is -0.909. The number of ether oxygens (including phenoxy) is 2. The van der Waals surface area contributed by atoms with Gasteiger partial charge in [0.05, 0.1) is 30.7 Å². The summed E-state index contributed by atoms with van der Waals surface area (Å²) in [5, 5.41) is 11.9. The molecule has 2 unspecified atom stereocenters. The van der Waals surface area contributed by atoms with E-state index in [1.165, 1.54) is 20.3 Å². The summed E-state index contributed by atoms with van der Waals surface area (Å²) in [5.41, 5.74) is 0.209. The summed E-state index contributed by atoms with van der Waals surface area (Å²) in [6.07, 6.45) is 0.270. The molecule has 0 aromatic heterocycles. The summed E-state index contributed by atoms with van der Waals surface area (Å²) in [6, 6.07) is 0.863. The van der Waals surface area contributed by atoms with Crippen molar-refractivity contribution in [2.45, 2.75) is 12.5 Å². The molecule has 1 fully saturated rings. The molecule has 2 rings (SSSR count). The zero-order chi connectivity index (χ0) is 14.9. The normalized spacial score (nSPS) is 21.8. The van der Waals surface area contributed by atoms with Crippen molar-refractivity contribution in [3.8, 4) is 11.5 Å². The number of benzene rings is 1. The fraction of sp³-hybridized carbons (Fsp3) is 0.462. The number of hydrogen-bond donors (Lipinski definition) is 2. The molecule has 0 radical (unpaired) electrons. The minimum absolute atomic E-state index is 0.0850. The van der Waals surface area contributed by atoms with Crippen molar-refractivity contribution in [3.63, 3.8) is 0 Å². The standard InChI is InChI=1S/C13H15ClFNO4/c1-19-9-4-7(14)11(15)10(12(9)20-2)8-3-6(5-16-8)13(17)18/h4,6,8,16H,3,5H2,1-2H3,(H,17,18). The van der Waals surface area contributed by atoms with Crippen LogP contribution in [0.1, 0.15) is 18.0 Å². The highest BCUT2D eigenvalue weighted by Gasteiger charge is 2.35. The van der Waals surface area contributed by atoms with E-state index < -0.39 is 23.7 Å². The molecular weight excluding hydrogens is 289 g/mol. The van der Waals surface area contributed by atoms with Gasteiger partial charge in [0.25, 0.3) is 0 Å². The number of nitrogens with one attached hydrogen (secondary N) is 1. The van der Waals surface area contributed by atoms with Crippen molar-refractivity contribution in [1.29, 1.82) is 0 Å². The van der Waals surface area contributed by atoms with Gasteiger partial charge < -0.3 is 19.9 Å². The SMILES string of the molecule is COc1cc(Cl)c(F)c(C2CC(C(=O)O)CN2)c1OC. The molecule has 1 aromatic rings. The third kappa shape index (κ3) is 2.53. The third-order valence-electron chi connectivity index (χ3n) is 3.42. The first-order valence-corrected chi connectivity index (χ1v) is 6.43. The number of rotatable bonds is 4. The maximum atomic E-state index is 14.3. The van der Waals surface area contributed by atoms with Gasteiger partial charge in [-0.2, -0.15) is 0 Å². The third-order valence-corrected chi connectivity index (χ3v) is 3.70. The quantitative estimate of drug-likeness (QED) is 0.893. The highest BCUT2D eigenvalue weighted by Crippen LogP contribution is 2.43. The van der Waals surface area contributed by atoms with E-state index in [1.807, 2.05) is 0 Å². The molecule has 1 aromatic carbocycles. The van der Waals surface area contributed by atoms with Crippen molar-refractivity contribution in [1.82, 2.24) is 5.32 Å². The van der Waals surface area contributed by atoms with E-state index in [1.54, 1.807) is 0 Å². The molecule has 5 nitrogen and oxygen atoms in total. The topological polar surface area (TPSA) is 67.8 Å². The van der Waals surface area contributed by atoms with Crippen LogP contribution in [0.15, 0.2) is 6.07 Å². The average Bonchev–Trinajstić information content (AvgIpc) is 2.90. The fourth-order valence-corrected chi connectivity index (χ4v) is 2.62. The van der Waals surface area contributed by atoms with Gasteiger partial charge in [-0.15, -0.1) is 0 Å². The van der Waals surface area contributed by atoms with Crippen LogP contribution in [0.2, 0.25) is 5.02 Å². The highest BCUT2D eigenvalue weighted by atomic mass is 35.5.